The van der Waals surface area contributed by atoms with Crippen LogP contribution in [0.5, 0.6) is 0 Å². The summed E-state index contributed by atoms with van der Waals surface area (Å²) in [5.41, 5.74) is 2.23. The summed E-state index contributed by atoms with van der Waals surface area (Å²) in [5, 5.41) is 7.00. The number of hydrogen-bond donors (Lipinski definition) is 1. The van der Waals surface area contributed by atoms with Crippen LogP contribution < -0.4 is 0 Å². The van der Waals surface area contributed by atoms with Gasteiger partial charge in [0.25, 0.3) is 0 Å². The number of aliphatic imine (C=N–C) groups is 1. The molecule has 0 spiro atoms. The Balaban J connectivity index is -0.000000924. The van der Waals surface area contributed by atoms with Gasteiger partial charge in [0.05, 0.1) is 37.4 Å². The molecule has 2 rings (SSSR count). The van der Waals surface area contributed by atoms with Crippen LogP contribution in [0.25, 0.3) is 0 Å². The van der Waals surface area contributed by atoms with E-state index >= 15 is 0 Å². The fourth-order valence-corrected chi connectivity index (χ4v) is 6.55. The average Bonchev–Trinajstić information content (AvgIpc) is 3.10. The van der Waals surface area contributed by atoms with Crippen LogP contribution in [-0.2, 0) is 23.7 Å². The number of nitrogens with zero attached hydrogens (tertiary/aromatic N) is 2. The maximum atomic E-state index is 13.1. The van der Waals surface area contributed by atoms with Crippen molar-refractivity contribution in [2.45, 2.75) is 167 Å². The van der Waals surface area contributed by atoms with E-state index in [-0.39, 0.29) is 60.2 Å². The highest BCUT2D eigenvalue weighted by Crippen LogP contribution is 2.33. The van der Waals surface area contributed by atoms with Crippen LogP contribution in [0.2, 0.25) is 0 Å². The van der Waals surface area contributed by atoms with E-state index in [0.29, 0.717) is 31.6 Å². The number of carbonyl (C=O) groups excluding carboxylic acids is 1. The van der Waals surface area contributed by atoms with Crippen molar-refractivity contribution in [3.05, 3.63) is 12.2 Å². The molecule has 296 valence electrons. The molecule has 0 saturated carbocycles. The van der Waals surface area contributed by atoms with Crippen molar-refractivity contribution in [3.63, 3.8) is 0 Å². The molecule has 8 heteroatoms. The topological polar surface area (TPSA) is 89.8 Å². The van der Waals surface area contributed by atoms with Crippen molar-refractivity contribution in [1.29, 1.82) is 0 Å². The maximum Gasteiger partial charge on any atom is 0.308 e. The van der Waals surface area contributed by atoms with E-state index in [1.165, 1.54) is 5.71 Å². The van der Waals surface area contributed by atoms with Crippen LogP contribution in [-0.4, -0.2) is 93.8 Å². The Morgan fingerprint density at radius 3 is 1.90 bits per heavy atom. The smallest absolute Gasteiger partial charge is 0.308 e. The van der Waals surface area contributed by atoms with Crippen LogP contribution in [0, 0.1) is 35.5 Å². The van der Waals surface area contributed by atoms with Gasteiger partial charge in [0.15, 0.2) is 6.29 Å². The molecule has 8 nitrogen and oxygen atoms in total. The van der Waals surface area contributed by atoms with Crippen LogP contribution in [0.1, 0.15) is 136 Å². The first-order chi connectivity index (χ1) is 23.2. The number of hydrogen-bond acceptors (Lipinski definition) is 8. The lowest BCUT2D eigenvalue weighted by atomic mass is 9.75. The second-order valence-electron chi connectivity index (χ2n) is 13.0. The molecule has 0 aromatic rings. The van der Waals surface area contributed by atoms with Gasteiger partial charge in [-0.2, -0.15) is 0 Å². The zero-order valence-corrected chi connectivity index (χ0v) is 36.2. The molecule has 0 aromatic heterocycles. The first kappa shape index (κ1) is 54.5. The van der Waals surface area contributed by atoms with Crippen molar-refractivity contribution >= 4 is 11.7 Å². The number of esters is 1. The average molecular weight is 703 g/mol. The summed E-state index contributed by atoms with van der Waals surface area (Å²) < 4.78 is 25.2. The van der Waals surface area contributed by atoms with E-state index in [9.17, 15) is 4.79 Å². The van der Waals surface area contributed by atoms with Gasteiger partial charge in [-0.05, 0) is 76.8 Å². The minimum Gasteiger partial charge on any atom is -0.465 e. The van der Waals surface area contributed by atoms with Gasteiger partial charge < -0.3 is 29.0 Å². The van der Waals surface area contributed by atoms with Gasteiger partial charge in [-0.15, -0.1) is 0 Å². The standard InChI is InChI=1S/C32H58N2O5.4C2H6.CH4O/c1-19(2)30(33-10)25(8)28-13-20(3)17-36-26(9)31(21(4)14-22(5)32(35)37-18-23(28)6)39-29-16-27(34(11)12)15-24(7)38-29;5*1-2/h19,21-29,31H,3,13-18H2,1-2,4-12H3;4*1-2H3;2H,1H3/t21?,22?,23-,24?,25?,26?,27?,28?,29?,31+;;;;;/m0...../s1. The molecular formula is C41H86N2O6. The third-order valence-corrected chi connectivity index (χ3v) is 8.90. The highest BCUT2D eigenvalue weighted by atomic mass is 16.7. The number of rotatable bonds is 6. The third-order valence-electron chi connectivity index (χ3n) is 8.90. The second-order valence-corrected chi connectivity index (χ2v) is 13.0. The largest absolute Gasteiger partial charge is 0.465 e. The normalized spacial score (nSPS) is 30.4. The molecule has 2 heterocycles. The SMILES string of the molecule is C=C1COC(C)[C@H](OC2CC(N(C)C)CC(C)O2)C(C)CC(C)C(=O)OC[C@H](C)C(C(C)C(=NC)C(C)C)C1.CC.CC.CC.CC.CO. The van der Waals surface area contributed by atoms with E-state index in [1.54, 1.807) is 0 Å². The Hall–Kier alpha value is -1.32. The minimum atomic E-state index is -0.308. The van der Waals surface area contributed by atoms with Crippen molar-refractivity contribution in [3.8, 4) is 0 Å². The third kappa shape index (κ3) is 21.0. The zero-order chi connectivity index (χ0) is 39.4. The lowest BCUT2D eigenvalue weighted by Gasteiger charge is -2.40. The Bertz CT molecular complexity index is 818. The molecule has 2 aliphatic rings. The molecule has 0 aliphatic carbocycles. The fraction of sp³-hybridized carbons (Fsp3) is 0.902. The predicted molar refractivity (Wildman–Crippen MR) is 213 cm³/mol. The van der Waals surface area contributed by atoms with E-state index in [1.807, 2.05) is 69.4 Å². The quantitative estimate of drug-likeness (QED) is 0.167. The van der Waals surface area contributed by atoms with E-state index in [4.69, 9.17) is 24.1 Å². The molecule has 0 aromatic carbocycles. The molecule has 10 atom stereocenters. The van der Waals surface area contributed by atoms with E-state index in [2.05, 4.69) is 79.0 Å². The molecule has 2 saturated heterocycles. The number of ether oxygens (including phenoxy) is 4. The lowest BCUT2D eigenvalue weighted by molar-refractivity contribution is -0.246. The predicted octanol–water partition coefficient (Wildman–Crippen LogP) is 9.73. The first-order valence-electron chi connectivity index (χ1n) is 19.6. The lowest BCUT2D eigenvalue weighted by Crippen LogP contribution is -2.47. The van der Waals surface area contributed by atoms with Gasteiger partial charge in [0.2, 0.25) is 0 Å². The molecular weight excluding hydrogens is 616 g/mol. The Kier molecular flexibility index (Phi) is 36.2. The van der Waals surface area contributed by atoms with Crippen LogP contribution in [0.4, 0.5) is 0 Å². The van der Waals surface area contributed by atoms with Crippen LogP contribution >= 0.6 is 0 Å². The van der Waals surface area contributed by atoms with Crippen molar-refractivity contribution in [1.82, 2.24) is 4.90 Å². The van der Waals surface area contributed by atoms with Crippen molar-refractivity contribution < 1.29 is 28.8 Å². The van der Waals surface area contributed by atoms with E-state index in [0.717, 1.165) is 31.9 Å². The highest BCUT2D eigenvalue weighted by Gasteiger charge is 2.37. The van der Waals surface area contributed by atoms with E-state index < -0.39 is 0 Å². The molecule has 2 aliphatic heterocycles. The summed E-state index contributed by atoms with van der Waals surface area (Å²) in [4.78, 5) is 20.0. The molecule has 0 radical (unpaired) electrons. The van der Waals surface area contributed by atoms with Gasteiger partial charge in [-0.1, -0.05) is 109 Å². The summed E-state index contributed by atoms with van der Waals surface area (Å²) in [6.45, 7) is 38.3. The Morgan fingerprint density at radius 2 is 1.43 bits per heavy atom. The van der Waals surface area contributed by atoms with Crippen LogP contribution in [0.3, 0.4) is 0 Å². The molecule has 49 heavy (non-hydrogen) atoms. The zero-order valence-electron chi connectivity index (χ0n) is 36.2. The number of cyclic esters (lactones) is 1. The molecule has 0 bridgehead atoms. The first-order valence-corrected chi connectivity index (χ1v) is 19.6. The van der Waals surface area contributed by atoms with Gasteiger partial charge in [0.1, 0.15) is 0 Å². The minimum absolute atomic E-state index is 0.0805. The maximum absolute atomic E-state index is 13.1. The molecule has 1 N–H and O–H groups in total. The Morgan fingerprint density at radius 1 is 0.898 bits per heavy atom. The van der Waals surface area contributed by atoms with Gasteiger partial charge in [-0.3, -0.25) is 9.79 Å². The number of aliphatic hydroxyl groups is 1. The molecule has 2 fully saturated rings. The number of carbonyl (C=O) groups is 1. The molecule has 0 amide bonds. The van der Waals surface area contributed by atoms with Gasteiger partial charge >= 0.3 is 5.97 Å². The molecule has 8 unspecified atom stereocenters. The van der Waals surface area contributed by atoms with Gasteiger partial charge in [0, 0.05) is 32.3 Å². The summed E-state index contributed by atoms with van der Waals surface area (Å²) in [7, 11) is 7.10. The summed E-state index contributed by atoms with van der Waals surface area (Å²) in [6, 6.07) is 0.403. The second kappa shape index (κ2) is 32.6. The summed E-state index contributed by atoms with van der Waals surface area (Å²) in [5.74, 6) is 0.720. The monoisotopic (exact) mass is 703 g/mol. The summed E-state index contributed by atoms with van der Waals surface area (Å²) in [6.07, 6.45) is 2.67. The van der Waals surface area contributed by atoms with Crippen molar-refractivity contribution in [2.24, 2.45) is 40.5 Å². The van der Waals surface area contributed by atoms with Gasteiger partial charge in [-0.25, -0.2) is 0 Å². The summed E-state index contributed by atoms with van der Waals surface area (Å²) >= 11 is 0. The highest BCUT2D eigenvalue weighted by molar-refractivity contribution is 5.88. The van der Waals surface area contributed by atoms with Crippen molar-refractivity contribution in [2.75, 3.05) is 41.5 Å². The Labute approximate surface area is 306 Å². The number of aliphatic hydroxyl groups excluding tert-OH is 1. The van der Waals surface area contributed by atoms with Crippen LogP contribution in [0.15, 0.2) is 17.1 Å². The fourth-order valence-electron chi connectivity index (χ4n) is 6.55.